The van der Waals surface area contributed by atoms with Crippen LogP contribution in [0.2, 0.25) is 10.0 Å². The van der Waals surface area contributed by atoms with Crippen LogP contribution in [0.1, 0.15) is 111 Å². The third-order valence-corrected chi connectivity index (χ3v) is 28.5. The molecule has 52 heavy (non-hydrogen) atoms. The Kier molecular flexibility index (Phi) is 12.5. The first-order valence-corrected chi connectivity index (χ1v) is 26.0. The molecule has 0 nitrogen and oxygen atoms in total. The SMILES string of the molecule is Cl.Cl.[CH2]=[Zr]([C]1=CC(C(C)(C)C)=CC1CCCC)([c]1cccc(Cl)c1)([c]1cccc(Cl)c1)[c]1c(C(C)(C)C)ccc2c1Cc1cc(C(C)(C)C)ccc1-2. The summed E-state index contributed by atoms with van der Waals surface area (Å²) in [6.07, 6.45) is 9.50. The second kappa shape index (κ2) is 15.1. The predicted octanol–water partition coefficient (Wildman–Crippen LogP) is 13.1. The molecule has 0 saturated carbocycles. The average Bonchev–Trinajstić information content (AvgIpc) is 3.64. The Bertz CT molecular complexity index is 2060. The number of hydrogen-bond acceptors (Lipinski definition) is 0. The summed E-state index contributed by atoms with van der Waals surface area (Å²) in [6, 6.07) is 29.6. The van der Waals surface area contributed by atoms with Crippen LogP contribution in [0.3, 0.4) is 0 Å². The van der Waals surface area contributed by atoms with E-state index in [0.717, 1.165) is 35.7 Å². The van der Waals surface area contributed by atoms with Crippen molar-refractivity contribution in [1.29, 1.82) is 0 Å². The van der Waals surface area contributed by atoms with E-state index in [1.54, 1.807) is 0 Å². The topological polar surface area (TPSA) is 0 Å². The van der Waals surface area contributed by atoms with Crippen molar-refractivity contribution in [1.82, 2.24) is 0 Å². The predicted molar refractivity (Wildman–Crippen MR) is 234 cm³/mol. The van der Waals surface area contributed by atoms with Crippen LogP contribution < -0.4 is 9.81 Å². The molecule has 4 aromatic carbocycles. The Morgan fingerprint density at radius 3 is 1.79 bits per heavy atom. The molecule has 0 bridgehead atoms. The summed E-state index contributed by atoms with van der Waals surface area (Å²) in [7, 11) is 0. The molecule has 1 atom stereocenters. The molecule has 6 rings (SSSR count). The van der Waals surface area contributed by atoms with Crippen LogP contribution in [0, 0.1) is 11.3 Å². The molecule has 5 heteroatoms. The van der Waals surface area contributed by atoms with Crippen LogP contribution in [0.5, 0.6) is 0 Å². The number of benzene rings is 4. The zero-order valence-corrected chi connectivity index (χ0v) is 38.4. The Balaban J connectivity index is 0.00000302. The first-order valence-electron chi connectivity index (χ1n) is 18.6. The van der Waals surface area contributed by atoms with Crippen molar-refractivity contribution in [2.45, 2.75) is 106 Å². The van der Waals surface area contributed by atoms with Crippen molar-refractivity contribution in [3.05, 3.63) is 132 Å². The van der Waals surface area contributed by atoms with Crippen LogP contribution >= 0.6 is 48.0 Å². The fraction of sp³-hybridized carbons (Fsp3) is 0.383. The van der Waals surface area contributed by atoms with Crippen LogP contribution in [-0.4, -0.2) is 4.21 Å². The number of unbranched alkanes of at least 4 members (excludes halogenated alkanes) is 1. The molecule has 278 valence electrons. The van der Waals surface area contributed by atoms with Crippen LogP contribution in [0.15, 0.2) is 99.9 Å². The van der Waals surface area contributed by atoms with Gasteiger partial charge in [-0.3, -0.25) is 0 Å². The summed E-state index contributed by atoms with van der Waals surface area (Å²) in [5.41, 5.74) is 9.66. The number of rotatable bonds is 7. The maximum atomic E-state index is 7.07. The molecule has 4 aromatic rings. The second-order valence-corrected chi connectivity index (χ2v) is 31.8. The van der Waals surface area contributed by atoms with Gasteiger partial charge in [-0.05, 0) is 0 Å². The normalized spacial score (nSPS) is 16.0. The third-order valence-electron chi connectivity index (χ3n) is 11.7. The maximum absolute atomic E-state index is 7.07. The molecule has 1 unspecified atom stereocenters. The Morgan fingerprint density at radius 1 is 0.712 bits per heavy atom. The van der Waals surface area contributed by atoms with Crippen LogP contribution in [-0.2, 0) is 35.5 Å². The number of fused-ring (bicyclic) bond motifs is 3. The zero-order chi connectivity index (χ0) is 36.5. The standard InChI is InChI=1S/C21H25.C13H21.2C6H4Cl.CH2.2ClH.Zr/c1-20(2,3)16-7-9-18-14(12-16)11-15-13-17(21(4,5)6)8-10-19(15)18;1-5-6-7-11-8-9-12(10-11)13(2,3)4;2*7-6-4-2-1-3-5-6;;;;/h7-10,12H,11H2,1-6H3;9-11H,5-7H2,1-4H3;2*1-2,4-5H;1H2;2*1H;. The first kappa shape index (κ1) is 43.0. The van der Waals surface area contributed by atoms with Crippen molar-refractivity contribution in [3.63, 3.8) is 0 Å². The summed E-state index contributed by atoms with van der Waals surface area (Å²) in [6.45, 7) is 23.4. The van der Waals surface area contributed by atoms with E-state index in [2.05, 4.69) is 148 Å². The van der Waals surface area contributed by atoms with Crippen LogP contribution in [0.4, 0.5) is 0 Å². The van der Waals surface area contributed by atoms with Crippen molar-refractivity contribution in [3.8, 4) is 11.1 Å². The number of allylic oxidation sites excluding steroid dienone is 4. The molecule has 0 aromatic heterocycles. The van der Waals surface area contributed by atoms with E-state index >= 15 is 0 Å². The average molecular weight is 856 g/mol. The van der Waals surface area contributed by atoms with E-state index in [1.807, 2.05) is 12.1 Å². The summed E-state index contributed by atoms with van der Waals surface area (Å²) < 4.78 is 11.5. The molecular formula is C47H58Cl4Zr. The molecule has 0 heterocycles. The summed E-state index contributed by atoms with van der Waals surface area (Å²) in [5, 5.41) is 1.51. The van der Waals surface area contributed by atoms with E-state index in [-0.39, 0.29) is 47.0 Å². The van der Waals surface area contributed by atoms with Gasteiger partial charge in [-0.1, -0.05) is 0 Å². The van der Waals surface area contributed by atoms with Gasteiger partial charge in [0.1, 0.15) is 0 Å². The molecule has 0 fully saturated rings. The monoisotopic (exact) mass is 852 g/mol. The van der Waals surface area contributed by atoms with Gasteiger partial charge in [-0.15, -0.1) is 24.8 Å². The Morgan fingerprint density at radius 2 is 1.29 bits per heavy atom. The Labute approximate surface area is 337 Å². The van der Waals surface area contributed by atoms with E-state index in [1.165, 1.54) is 52.0 Å². The fourth-order valence-electron chi connectivity index (χ4n) is 8.92. The molecule has 0 radical (unpaired) electrons. The quantitative estimate of drug-likeness (QED) is 0.153. The van der Waals surface area contributed by atoms with Gasteiger partial charge in [0.25, 0.3) is 0 Å². The third kappa shape index (κ3) is 7.22. The number of halogens is 4. The summed E-state index contributed by atoms with van der Waals surface area (Å²) in [5.74, 6) is 0.269. The molecule has 0 spiro atoms. The van der Waals surface area contributed by atoms with E-state index in [9.17, 15) is 0 Å². The summed E-state index contributed by atoms with van der Waals surface area (Å²) in [4.78, 5) is 0. The van der Waals surface area contributed by atoms with E-state index < -0.39 is 18.3 Å². The van der Waals surface area contributed by atoms with Crippen molar-refractivity contribution < 1.29 is 18.3 Å². The van der Waals surface area contributed by atoms with Crippen molar-refractivity contribution >= 4 is 62.0 Å². The molecule has 0 aliphatic heterocycles. The molecule has 2 aliphatic carbocycles. The van der Waals surface area contributed by atoms with Gasteiger partial charge >= 0.3 is 316 Å². The van der Waals surface area contributed by atoms with E-state index in [4.69, 9.17) is 27.4 Å². The van der Waals surface area contributed by atoms with Crippen LogP contribution in [0.25, 0.3) is 11.1 Å². The minimum atomic E-state index is -5.30. The number of hydrogen-bond donors (Lipinski definition) is 0. The fourth-order valence-corrected chi connectivity index (χ4v) is 27.5. The molecule has 0 saturated heterocycles. The van der Waals surface area contributed by atoms with Gasteiger partial charge in [-0.2, -0.15) is 0 Å². The molecule has 0 amide bonds. The minimum absolute atomic E-state index is 0. The molecule has 2 aliphatic rings. The van der Waals surface area contributed by atoms with Gasteiger partial charge in [0.05, 0.1) is 0 Å². The van der Waals surface area contributed by atoms with Gasteiger partial charge in [-0.25, -0.2) is 0 Å². The van der Waals surface area contributed by atoms with E-state index in [0.29, 0.717) is 0 Å². The summed E-state index contributed by atoms with van der Waals surface area (Å²) >= 11 is 8.84. The van der Waals surface area contributed by atoms with Crippen molar-refractivity contribution in [2.24, 2.45) is 11.3 Å². The van der Waals surface area contributed by atoms with Gasteiger partial charge in [0.15, 0.2) is 0 Å². The molecule has 0 N–H and O–H groups in total. The van der Waals surface area contributed by atoms with Crippen molar-refractivity contribution in [2.75, 3.05) is 0 Å². The van der Waals surface area contributed by atoms with Gasteiger partial charge in [0, 0.05) is 0 Å². The molecular weight excluding hydrogens is 798 g/mol. The van der Waals surface area contributed by atoms with Gasteiger partial charge < -0.3 is 0 Å². The Hall–Kier alpha value is -1.73. The zero-order valence-electron chi connectivity index (χ0n) is 32.8. The van der Waals surface area contributed by atoms with Gasteiger partial charge in [0.2, 0.25) is 0 Å². The first-order chi connectivity index (χ1) is 23.3. The second-order valence-electron chi connectivity index (χ2n) is 18.3.